The van der Waals surface area contributed by atoms with Crippen LogP contribution in [0.4, 0.5) is 11.5 Å². The predicted molar refractivity (Wildman–Crippen MR) is 107 cm³/mol. The molecule has 0 fully saturated rings. The summed E-state index contributed by atoms with van der Waals surface area (Å²) in [7, 11) is 0. The Bertz CT molecular complexity index is 987. The summed E-state index contributed by atoms with van der Waals surface area (Å²) in [6.45, 7) is 0. The Balaban J connectivity index is 0.00000182. The third-order valence-corrected chi connectivity index (χ3v) is 3.99. The van der Waals surface area contributed by atoms with Crippen LogP contribution in [-0.2, 0) is 0 Å². The monoisotopic (exact) mass is 367 g/mol. The first kappa shape index (κ1) is 17.2. The van der Waals surface area contributed by atoms with Crippen LogP contribution >= 0.6 is 24.0 Å². The zero-order chi connectivity index (χ0) is 16.4. The molecule has 1 aromatic heterocycles. The summed E-state index contributed by atoms with van der Waals surface area (Å²) in [6.07, 6.45) is 0. The SMILES string of the molecule is Cl.Clc1ccc(-c2nc(Nc3ccccc3)c3ccccc3n2)cc1. The maximum atomic E-state index is 5.98. The maximum Gasteiger partial charge on any atom is 0.162 e. The molecule has 124 valence electrons. The molecule has 5 heteroatoms. The molecule has 1 N–H and O–H groups in total. The van der Waals surface area contributed by atoms with Gasteiger partial charge in [0.2, 0.25) is 0 Å². The third-order valence-electron chi connectivity index (χ3n) is 3.74. The second kappa shape index (κ2) is 7.51. The lowest BCUT2D eigenvalue weighted by molar-refractivity contribution is 1.22. The number of nitrogens with one attached hydrogen (secondary N) is 1. The number of hydrogen-bond acceptors (Lipinski definition) is 3. The van der Waals surface area contributed by atoms with Gasteiger partial charge in [0.1, 0.15) is 5.82 Å². The van der Waals surface area contributed by atoms with Gasteiger partial charge in [-0.2, -0.15) is 0 Å². The van der Waals surface area contributed by atoms with E-state index in [2.05, 4.69) is 10.3 Å². The smallest absolute Gasteiger partial charge is 0.162 e. The largest absolute Gasteiger partial charge is 0.340 e. The van der Waals surface area contributed by atoms with Gasteiger partial charge in [-0.3, -0.25) is 0 Å². The number of benzene rings is 3. The minimum Gasteiger partial charge on any atom is -0.340 e. The maximum absolute atomic E-state index is 5.98. The van der Waals surface area contributed by atoms with E-state index in [0.717, 1.165) is 28.0 Å². The zero-order valence-corrected chi connectivity index (χ0v) is 14.8. The summed E-state index contributed by atoms with van der Waals surface area (Å²) in [6, 6.07) is 25.5. The number of para-hydroxylation sites is 2. The summed E-state index contributed by atoms with van der Waals surface area (Å²) < 4.78 is 0. The second-order valence-electron chi connectivity index (χ2n) is 5.41. The zero-order valence-electron chi connectivity index (χ0n) is 13.2. The van der Waals surface area contributed by atoms with Crippen LogP contribution in [0.2, 0.25) is 5.02 Å². The molecule has 0 bridgehead atoms. The van der Waals surface area contributed by atoms with Gasteiger partial charge in [-0.1, -0.05) is 41.9 Å². The number of fused-ring (bicyclic) bond motifs is 1. The van der Waals surface area contributed by atoms with E-state index >= 15 is 0 Å². The van der Waals surface area contributed by atoms with Crippen LogP contribution in [0.1, 0.15) is 0 Å². The van der Waals surface area contributed by atoms with Gasteiger partial charge in [0.15, 0.2) is 5.82 Å². The molecular formula is C20H15Cl2N3. The Morgan fingerprint density at radius 1 is 0.720 bits per heavy atom. The third kappa shape index (κ3) is 3.73. The van der Waals surface area contributed by atoms with Crippen molar-refractivity contribution >= 4 is 46.4 Å². The summed E-state index contributed by atoms with van der Waals surface area (Å²) >= 11 is 5.98. The van der Waals surface area contributed by atoms with Crippen molar-refractivity contribution in [3.8, 4) is 11.4 Å². The number of hydrogen-bond donors (Lipinski definition) is 1. The molecule has 3 aromatic carbocycles. The highest BCUT2D eigenvalue weighted by Gasteiger charge is 2.09. The van der Waals surface area contributed by atoms with E-state index in [1.54, 1.807) is 0 Å². The van der Waals surface area contributed by atoms with Crippen molar-refractivity contribution in [1.29, 1.82) is 0 Å². The van der Waals surface area contributed by atoms with Crippen molar-refractivity contribution < 1.29 is 0 Å². The molecule has 0 spiro atoms. The van der Waals surface area contributed by atoms with E-state index in [9.17, 15) is 0 Å². The predicted octanol–water partition coefficient (Wildman–Crippen LogP) is 6.12. The summed E-state index contributed by atoms with van der Waals surface area (Å²) in [5.74, 6) is 1.46. The molecule has 0 saturated heterocycles. The number of halogens is 2. The normalized spacial score (nSPS) is 10.3. The van der Waals surface area contributed by atoms with Gasteiger partial charge in [0.05, 0.1) is 5.52 Å². The quantitative estimate of drug-likeness (QED) is 0.474. The fourth-order valence-electron chi connectivity index (χ4n) is 2.56. The minimum atomic E-state index is 0. The van der Waals surface area contributed by atoms with E-state index in [4.69, 9.17) is 16.6 Å². The van der Waals surface area contributed by atoms with Crippen molar-refractivity contribution in [2.75, 3.05) is 5.32 Å². The van der Waals surface area contributed by atoms with Crippen LogP contribution in [0.15, 0.2) is 78.9 Å². The lowest BCUT2D eigenvalue weighted by Gasteiger charge is -2.11. The Labute approximate surface area is 157 Å². The first-order valence-corrected chi connectivity index (χ1v) is 8.02. The van der Waals surface area contributed by atoms with Crippen molar-refractivity contribution in [1.82, 2.24) is 9.97 Å². The number of nitrogens with zero attached hydrogens (tertiary/aromatic N) is 2. The van der Waals surface area contributed by atoms with Crippen LogP contribution in [0.3, 0.4) is 0 Å². The summed E-state index contributed by atoms with van der Waals surface area (Å²) in [4.78, 5) is 9.41. The van der Waals surface area contributed by atoms with Crippen LogP contribution in [0.5, 0.6) is 0 Å². The summed E-state index contributed by atoms with van der Waals surface area (Å²) in [5.41, 5.74) is 2.82. The van der Waals surface area contributed by atoms with E-state index in [-0.39, 0.29) is 12.4 Å². The van der Waals surface area contributed by atoms with Crippen LogP contribution < -0.4 is 5.32 Å². The molecule has 0 radical (unpaired) electrons. The van der Waals surface area contributed by atoms with Crippen LogP contribution in [-0.4, -0.2) is 9.97 Å². The van der Waals surface area contributed by atoms with Gasteiger partial charge in [-0.15, -0.1) is 12.4 Å². The van der Waals surface area contributed by atoms with Gasteiger partial charge in [-0.25, -0.2) is 9.97 Å². The molecule has 0 aliphatic heterocycles. The second-order valence-corrected chi connectivity index (χ2v) is 5.85. The summed E-state index contributed by atoms with van der Waals surface area (Å²) in [5, 5.41) is 5.07. The van der Waals surface area contributed by atoms with Gasteiger partial charge < -0.3 is 5.32 Å². The average Bonchev–Trinajstić information content (AvgIpc) is 2.63. The van der Waals surface area contributed by atoms with Gasteiger partial charge in [-0.05, 0) is 48.5 Å². The van der Waals surface area contributed by atoms with Crippen molar-refractivity contribution in [3.05, 3.63) is 83.9 Å². The van der Waals surface area contributed by atoms with Gasteiger partial charge in [0.25, 0.3) is 0 Å². The molecule has 0 amide bonds. The molecule has 0 unspecified atom stereocenters. The Morgan fingerprint density at radius 3 is 2.16 bits per heavy atom. The topological polar surface area (TPSA) is 37.8 Å². The van der Waals surface area contributed by atoms with Crippen LogP contribution in [0.25, 0.3) is 22.3 Å². The molecule has 4 aromatic rings. The standard InChI is InChI=1S/C20H14ClN3.ClH/c21-15-12-10-14(11-13-15)19-23-18-9-5-4-8-17(18)20(24-19)22-16-6-2-1-3-7-16;/h1-13H,(H,22,23,24);1H. The Hall–Kier alpha value is -2.62. The van der Waals surface area contributed by atoms with Crippen LogP contribution in [0, 0.1) is 0 Å². The molecular weight excluding hydrogens is 353 g/mol. The molecule has 3 nitrogen and oxygen atoms in total. The van der Waals surface area contributed by atoms with E-state index < -0.39 is 0 Å². The number of rotatable bonds is 3. The fraction of sp³-hybridized carbons (Fsp3) is 0. The van der Waals surface area contributed by atoms with Crippen molar-refractivity contribution in [2.24, 2.45) is 0 Å². The number of aromatic nitrogens is 2. The average molecular weight is 368 g/mol. The highest BCUT2D eigenvalue weighted by Crippen LogP contribution is 2.27. The molecule has 25 heavy (non-hydrogen) atoms. The lowest BCUT2D eigenvalue weighted by atomic mass is 10.2. The molecule has 0 aliphatic carbocycles. The molecule has 0 aliphatic rings. The van der Waals surface area contributed by atoms with E-state index in [0.29, 0.717) is 10.8 Å². The molecule has 4 rings (SSSR count). The minimum absolute atomic E-state index is 0. The van der Waals surface area contributed by atoms with Gasteiger partial charge >= 0.3 is 0 Å². The van der Waals surface area contributed by atoms with Crippen molar-refractivity contribution in [2.45, 2.75) is 0 Å². The molecule has 0 atom stereocenters. The van der Waals surface area contributed by atoms with Gasteiger partial charge in [0, 0.05) is 21.7 Å². The fourth-order valence-corrected chi connectivity index (χ4v) is 2.68. The Morgan fingerprint density at radius 2 is 1.40 bits per heavy atom. The Kier molecular flexibility index (Phi) is 5.17. The lowest BCUT2D eigenvalue weighted by Crippen LogP contribution is -1.99. The highest BCUT2D eigenvalue weighted by atomic mass is 35.5. The van der Waals surface area contributed by atoms with E-state index in [1.165, 1.54) is 0 Å². The number of anilines is 2. The van der Waals surface area contributed by atoms with E-state index in [1.807, 2.05) is 78.9 Å². The highest BCUT2D eigenvalue weighted by molar-refractivity contribution is 6.30. The first-order valence-electron chi connectivity index (χ1n) is 7.64. The molecule has 0 saturated carbocycles. The van der Waals surface area contributed by atoms with Crippen molar-refractivity contribution in [3.63, 3.8) is 0 Å². The molecule has 1 heterocycles. The first-order chi connectivity index (χ1) is 11.8.